The lowest BCUT2D eigenvalue weighted by atomic mass is 9.98. The molecule has 1 aliphatic heterocycles. The molecular formula is C16H20BrN5O. The Morgan fingerprint density at radius 3 is 2.52 bits per heavy atom. The van der Waals surface area contributed by atoms with Crippen LogP contribution in [0.2, 0.25) is 0 Å². The summed E-state index contributed by atoms with van der Waals surface area (Å²) in [4.78, 5) is 19.5. The Labute approximate surface area is 144 Å². The van der Waals surface area contributed by atoms with Crippen LogP contribution in [0, 0.1) is 5.92 Å². The summed E-state index contributed by atoms with van der Waals surface area (Å²) in [5, 5.41) is 0. The van der Waals surface area contributed by atoms with E-state index >= 15 is 0 Å². The van der Waals surface area contributed by atoms with E-state index in [1.54, 1.807) is 12.4 Å². The molecule has 2 aromatic rings. The molecular weight excluding hydrogens is 358 g/mol. The molecule has 0 radical (unpaired) electrons. The van der Waals surface area contributed by atoms with Crippen LogP contribution in [0.1, 0.15) is 25.5 Å². The normalized spacial score (nSPS) is 15.7. The third-order valence-electron chi connectivity index (χ3n) is 4.06. The number of aryl methyl sites for hydroxylation is 1. The molecule has 0 atom stereocenters. The number of hydrogen-bond acceptors (Lipinski definition) is 6. The summed E-state index contributed by atoms with van der Waals surface area (Å²) in [6, 6.07) is 0. The zero-order valence-corrected chi connectivity index (χ0v) is 14.7. The third-order valence-corrected chi connectivity index (χ3v) is 4.47. The highest BCUT2D eigenvalue weighted by atomic mass is 79.9. The molecule has 1 saturated heterocycles. The van der Waals surface area contributed by atoms with Crippen molar-refractivity contribution in [3.8, 4) is 5.88 Å². The van der Waals surface area contributed by atoms with Gasteiger partial charge in [0.25, 0.3) is 0 Å². The van der Waals surface area contributed by atoms with Crippen molar-refractivity contribution in [2.75, 3.05) is 24.6 Å². The minimum atomic E-state index is 0.541. The van der Waals surface area contributed by atoms with Crippen LogP contribution < -0.4 is 9.64 Å². The number of aromatic nitrogens is 4. The van der Waals surface area contributed by atoms with E-state index in [4.69, 9.17) is 4.74 Å². The molecule has 1 fully saturated rings. The van der Waals surface area contributed by atoms with Crippen LogP contribution in [0.3, 0.4) is 0 Å². The van der Waals surface area contributed by atoms with E-state index < -0.39 is 0 Å². The highest BCUT2D eigenvalue weighted by Crippen LogP contribution is 2.22. The van der Waals surface area contributed by atoms with Gasteiger partial charge in [0.2, 0.25) is 5.88 Å². The van der Waals surface area contributed by atoms with Gasteiger partial charge in [-0.1, -0.05) is 6.92 Å². The van der Waals surface area contributed by atoms with E-state index in [1.807, 2.05) is 12.4 Å². The molecule has 1 aliphatic rings. The standard InChI is InChI=1S/C16H20BrN5O/c1-2-13-7-20-15(9-18-13)22-5-3-12(4-6-22)11-23-16-10-19-14(17)8-21-16/h7-10,12H,2-6,11H2,1H3. The van der Waals surface area contributed by atoms with Gasteiger partial charge in [0.1, 0.15) is 10.4 Å². The third kappa shape index (κ3) is 4.37. The van der Waals surface area contributed by atoms with Crippen molar-refractivity contribution in [3.63, 3.8) is 0 Å². The first-order chi connectivity index (χ1) is 11.2. The molecule has 2 aromatic heterocycles. The Hall–Kier alpha value is -1.76. The van der Waals surface area contributed by atoms with Crippen molar-refractivity contribution >= 4 is 21.7 Å². The van der Waals surface area contributed by atoms with E-state index in [1.165, 1.54) is 0 Å². The predicted octanol–water partition coefficient (Wildman–Crippen LogP) is 2.89. The highest BCUT2D eigenvalue weighted by molar-refractivity contribution is 9.10. The number of anilines is 1. The van der Waals surface area contributed by atoms with Crippen LogP contribution >= 0.6 is 15.9 Å². The second-order valence-electron chi connectivity index (χ2n) is 5.64. The Balaban J connectivity index is 1.47. The Bertz CT molecular complexity index is 611. The average molecular weight is 378 g/mol. The monoisotopic (exact) mass is 377 g/mol. The van der Waals surface area contributed by atoms with Gasteiger partial charge in [0.15, 0.2) is 0 Å². The highest BCUT2D eigenvalue weighted by Gasteiger charge is 2.21. The lowest BCUT2D eigenvalue weighted by Crippen LogP contribution is -2.36. The first-order valence-corrected chi connectivity index (χ1v) is 8.70. The van der Waals surface area contributed by atoms with Gasteiger partial charge in [-0.25, -0.2) is 15.0 Å². The molecule has 122 valence electrons. The summed E-state index contributed by atoms with van der Waals surface area (Å²) in [5.41, 5.74) is 1.03. The molecule has 23 heavy (non-hydrogen) atoms. The Morgan fingerprint density at radius 2 is 1.91 bits per heavy atom. The van der Waals surface area contributed by atoms with Crippen molar-refractivity contribution in [2.45, 2.75) is 26.2 Å². The van der Waals surface area contributed by atoms with Crippen LogP contribution in [-0.4, -0.2) is 39.6 Å². The van der Waals surface area contributed by atoms with Gasteiger partial charge in [-0.2, -0.15) is 0 Å². The van der Waals surface area contributed by atoms with Crippen molar-refractivity contribution in [2.24, 2.45) is 5.92 Å². The molecule has 0 bridgehead atoms. The van der Waals surface area contributed by atoms with Crippen LogP contribution in [0.25, 0.3) is 0 Å². The van der Waals surface area contributed by atoms with Gasteiger partial charge in [-0.3, -0.25) is 4.98 Å². The number of rotatable bonds is 5. The Kier molecular flexibility index (Phi) is 5.38. The van der Waals surface area contributed by atoms with Crippen molar-refractivity contribution in [1.82, 2.24) is 19.9 Å². The molecule has 0 spiro atoms. The van der Waals surface area contributed by atoms with Crippen molar-refractivity contribution in [1.29, 1.82) is 0 Å². The molecule has 6 nitrogen and oxygen atoms in total. The molecule has 0 N–H and O–H groups in total. The fourth-order valence-electron chi connectivity index (χ4n) is 2.60. The molecule has 0 saturated carbocycles. The Morgan fingerprint density at radius 1 is 1.09 bits per heavy atom. The SMILES string of the molecule is CCc1cnc(N2CCC(COc3cnc(Br)cn3)CC2)cn1. The number of hydrogen-bond donors (Lipinski definition) is 0. The van der Waals surface area contributed by atoms with Crippen LogP contribution in [0.5, 0.6) is 5.88 Å². The van der Waals surface area contributed by atoms with Gasteiger partial charge in [0, 0.05) is 13.1 Å². The summed E-state index contributed by atoms with van der Waals surface area (Å²) in [7, 11) is 0. The van der Waals surface area contributed by atoms with E-state index in [9.17, 15) is 0 Å². The zero-order valence-electron chi connectivity index (χ0n) is 13.2. The average Bonchev–Trinajstić information content (AvgIpc) is 2.62. The number of ether oxygens (including phenoxy) is 1. The van der Waals surface area contributed by atoms with Gasteiger partial charge in [-0.05, 0) is 41.1 Å². The summed E-state index contributed by atoms with van der Waals surface area (Å²) < 4.78 is 6.45. The van der Waals surface area contributed by atoms with Gasteiger partial charge in [-0.15, -0.1) is 0 Å². The quantitative estimate of drug-likeness (QED) is 0.797. The molecule has 0 aromatic carbocycles. The number of nitrogens with zero attached hydrogens (tertiary/aromatic N) is 5. The predicted molar refractivity (Wildman–Crippen MR) is 91.6 cm³/mol. The molecule has 7 heteroatoms. The van der Waals surface area contributed by atoms with Gasteiger partial charge in [0.05, 0.1) is 37.1 Å². The lowest BCUT2D eigenvalue weighted by molar-refractivity contribution is 0.215. The lowest BCUT2D eigenvalue weighted by Gasteiger charge is -2.32. The van der Waals surface area contributed by atoms with E-state index in [0.29, 0.717) is 23.0 Å². The maximum Gasteiger partial charge on any atom is 0.232 e. The second-order valence-corrected chi connectivity index (χ2v) is 6.45. The van der Waals surface area contributed by atoms with Gasteiger partial charge < -0.3 is 9.64 Å². The second kappa shape index (κ2) is 7.68. The first-order valence-electron chi connectivity index (χ1n) is 7.91. The molecule has 3 rings (SSSR count). The molecule has 0 amide bonds. The topological polar surface area (TPSA) is 64.0 Å². The smallest absolute Gasteiger partial charge is 0.232 e. The fraction of sp³-hybridized carbons (Fsp3) is 0.500. The minimum absolute atomic E-state index is 0.541. The maximum absolute atomic E-state index is 5.73. The van der Waals surface area contributed by atoms with Gasteiger partial charge >= 0.3 is 0 Å². The minimum Gasteiger partial charge on any atom is -0.476 e. The number of piperidine rings is 1. The summed E-state index contributed by atoms with van der Waals surface area (Å²) >= 11 is 3.27. The van der Waals surface area contributed by atoms with Crippen LogP contribution in [0.4, 0.5) is 5.82 Å². The summed E-state index contributed by atoms with van der Waals surface area (Å²) in [5.74, 6) is 2.09. The maximum atomic E-state index is 5.73. The van der Waals surface area contributed by atoms with Crippen LogP contribution in [-0.2, 0) is 6.42 Å². The molecule has 3 heterocycles. The van der Waals surface area contributed by atoms with E-state index in [0.717, 1.165) is 43.9 Å². The van der Waals surface area contributed by atoms with Crippen molar-refractivity contribution < 1.29 is 4.74 Å². The number of halogens is 1. The fourth-order valence-corrected chi connectivity index (χ4v) is 2.81. The van der Waals surface area contributed by atoms with E-state index in [2.05, 4.69) is 47.7 Å². The van der Waals surface area contributed by atoms with Crippen LogP contribution in [0.15, 0.2) is 29.4 Å². The summed E-state index contributed by atoms with van der Waals surface area (Å²) in [6.45, 7) is 4.75. The first kappa shape index (κ1) is 16.1. The largest absolute Gasteiger partial charge is 0.476 e. The van der Waals surface area contributed by atoms with E-state index in [-0.39, 0.29) is 0 Å². The molecule has 0 unspecified atom stereocenters. The van der Waals surface area contributed by atoms with Crippen molar-refractivity contribution in [3.05, 3.63) is 35.1 Å². The summed E-state index contributed by atoms with van der Waals surface area (Å²) in [6.07, 6.45) is 10.1. The molecule has 0 aliphatic carbocycles. The zero-order chi connectivity index (χ0) is 16.1.